The number of fused-ring (bicyclic) bond motifs is 1. The number of carbonyl (C=O) groups is 2. The standard InChI is InChI=1S/C21H24N4O6/c1-3-31-21(28)16-11-24(14-4-5-14)17-9-18(19(25(29)30)8-15(17)20(16)27)23-7-6-13(10-23)22-12(2)26/h8-9,11,13-14H,3-7,10H2,1-2H3,(H,22,26). The molecule has 2 aliphatic rings. The van der Waals surface area contributed by atoms with Gasteiger partial charge in [-0.2, -0.15) is 0 Å². The number of amides is 1. The lowest BCUT2D eigenvalue weighted by Crippen LogP contribution is -2.35. The van der Waals surface area contributed by atoms with Crippen molar-refractivity contribution in [1.82, 2.24) is 9.88 Å². The van der Waals surface area contributed by atoms with Crippen molar-refractivity contribution in [2.24, 2.45) is 0 Å². The van der Waals surface area contributed by atoms with Crippen LogP contribution in [-0.2, 0) is 9.53 Å². The third-order valence-electron chi connectivity index (χ3n) is 5.70. The summed E-state index contributed by atoms with van der Waals surface area (Å²) in [6.07, 6.45) is 3.99. The molecule has 2 fully saturated rings. The number of ether oxygens (including phenoxy) is 1. The van der Waals surface area contributed by atoms with Gasteiger partial charge in [0.1, 0.15) is 11.3 Å². The van der Waals surface area contributed by atoms with Gasteiger partial charge in [0.2, 0.25) is 11.3 Å². The van der Waals surface area contributed by atoms with E-state index in [9.17, 15) is 24.5 Å². The predicted octanol–water partition coefficient (Wildman–Crippen LogP) is 2.14. The number of nitro benzene ring substituents is 1. The molecule has 0 radical (unpaired) electrons. The SMILES string of the molecule is CCOC(=O)c1cn(C2CC2)c2cc(N3CCC(NC(C)=O)C3)c([N+](=O)[O-])cc2c1=O. The molecule has 1 amide bonds. The van der Waals surface area contributed by atoms with E-state index in [2.05, 4.69) is 5.32 Å². The van der Waals surface area contributed by atoms with Crippen LogP contribution < -0.4 is 15.6 Å². The number of nitrogens with zero attached hydrogens (tertiary/aromatic N) is 3. The fraction of sp³-hybridized carbons (Fsp3) is 0.476. The lowest BCUT2D eigenvalue weighted by Gasteiger charge is -2.21. The third-order valence-corrected chi connectivity index (χ3v) is 5.70. The van der Waals surface area contributed by atoms with Gasteiger partial charge in [0, 0.05) is 44.4 Å². The van der Waals surface area contributed by atoms with Crippen molar-refractivity contribution in [3.8, 4) is 0 Å². The van der Waals surface area contributed by atoms with E-state index in [0.29, 0.717) is 30.7 Å². The molecule has 1 aromatic heterocycles. The van der Waals surface area contributed by atoms with Crippen LogP contribution in [0.15, 0.2) is 23.1 Å². The van der Waals surface area contributed by atoms with Crippen LogP contribution in [0.2, 0.25) is 0 Å². The van der Waals surface area contributed by atoms with Crippen LogP contribution in [0.1, 0.15) is 49.5 Å². The third kappa shape index (κ3) is 3.97. The normalized spacial score (nSPS) is 18.3. The van der Waals surface area contributed by atoms with Crippen LogP contribution in [0.5, 0.6) is 0 Å². The minimum atomic E-state index is -0.728. The minimum absolute atomic E-state index is 0.0929. The van der Waals surface area contributed by atoms with Crippen molar-refractivity contribution in [3.05, 3.63) is 44.2 Å². The quantitative estimate of drug-likeness (QED) is 0.425. The van der Waals surface area contributed by atoms with Gasteiger partial charge in [0.05, 0.1) is 22.4 Å². The maximum Gasteiger partial charge on any atom is 0.343 e. The molecule has 1 N–H and O–H groups in total. The van der Waals surface area contributed by atoms with Crippen LogP contribution in [0.25, 0.3) is 10.9 Å². The van der Waals surface area contributed by atoms with E-state index in [1.165, 1.54) is 19.2 Å². The second-order valence-electron chi connectivity index (χ2n) is 7.98. The van der Waals surface area contributed by atoms with E-state index >= 15 is 0 Å². The summed E-state index contributed by atoms with van der Waals surface area (Å²) >= 11 is 0. The van der Waals surface area contributed by atoms with Gasteiger partial charge in [-0.3, -0.25) is 19.7 Å². The molecule has 1 saturated carbocycles. The topological polar surface area (TPSA) is 124 Å². The van der Waals surface area contributed by atoms with Crippen LogP contribution in [-0.4, -0.2) is 47.1 Å². The van der Waals surface area contributed by atoms with Gasteiger partial charge in [-0.15, -0.1) is 0 Å². The molecule has 1 aromatic carbocycles. The zero-order valence-electron chi connectivity index (χ0n) is 17.4. The smallest absolute Gasteiger partial charge is 0.343 e. The number of rotatable bonds is 6. The number of pyridine rings is 1. The Morgan fingerprint density at radius 3 is 2.65 bits per heavy atom. The summed E-state index contributed by atoms with van der Waals surface area (Å²) in [5.74, 6) is -0.873. The molecular formula is C21H24N4O6. The number of esters is 1. The number of anilines is 1. The van der Waals surface area contributed by atoms with E-state index in [0.717, 1.165) is 12.8 Å². The molecule has 10 nitrogen and oxygen atoms in total. The van der Waals surface area contributed by atoms with Gasteiger partial charge in [0.15, 0.2) is 0 Å². The van der Waals surface area contributed by atoms with Crippen molar-refractivity contribution in [2.75, 3.05) is 24.6 Å². The number of carbonyl (C=O) groups excluding carboxylic acids is 2. The first kappa shape index (κ1) is 20.8. The van der Waals surface area contributed by atoms with Gasteiger partial charge >= 0.3 is 5.97 Å². The maximum absolute atomic E-state index is 13.0. The minimum Gasteiger partial charge on any atom is -0.462 e. The molecule has 164 valence electrons. The summed E-state index contributed by atoms with van der Waals surface area (Å²) in [4.78, 5) is 49.9. The average Bonchev–Trinajstić information content (AvgIpc) is 3.46. The Bertz CT molecular complexity index is 1140. The molecule has 1 aliphatic carbocycles. The summed E-state index contributed by atoms with van der Waals surface area (Å²) < 4.78 is 6.87. The number of hydrogen-bond donors (Lipinski definition) is 1. The summed E-state index contributed by atoms with van der Waals surface area (Å²) in [5.41, 5.74) is 0.0799. The fourth-order valence-corrected chi connectivity index (χ4v) is 4.17. The van der Waals surface area contributed by atoms with Crippen LogP contribution >= 0.6 is 0 Å². The first-order chi connectivity index (χ1) is 14.8. The van der Waals surface area contributed by atoms with Crippen LogP contribution in [0.4, 0.5) is 11.4 Å². The molecule has 2 aromatic rings. The van der Waals surface area contributed by atoms with Gasteiger partial charge in [-0.25, -0.2) is 4.79 Å². The molecule has 4 rings (SSSR count). The molecule has 1 aliphatic heterocycles. The molecule has 10 heteroatoms. The Hall–Kier alpha value is -3.43. The lowest BCUT2D eigenvalue weighted by atomic mass is 10.1. The monoisotopic (exact) mass is 428 g/mol. The second kappa shape index (κ2) is 8.01. The number of nitrogens with one attached hydrogen (secondary N) is 1. The average molecular weight is 428 g/mol. The fourth-order valence-electron chi connectivity index (χ4n) is 4.17. The summed E-state index contributed by atoms with van der Waals surface area (Å²) in [6, 6.07) is 2.97. The van der Waals surface area contributed by atoms with E-state index in [1.54, 1.807) is 13.0 Å². The molecule has 1 saturated heterocycles. The lowest BCUT2D eigenvalue weighted by molar-refractivity contribution is -0.384. The van der Waals surface area contributed by atoms with E-state index < -0.39 is 16.3 Å². The molecule has 0 spiro atoms. The number of benzene rings is 1. The van der Waals surface area contributed by atoms with E-state index in [-0.39, 0.29) is 41.2 Å². The van der Waals surface area contributed by atoms with Gasteiger partial charge < -0.3 is 19.5 Å². The Morgan fingerprint density at radius 2 is 2.03 bits per heavy atom. The van der Waals surface area contributed by atoms with Crippen molar-refractivity contribution >= 4 is 34.2 Å². The first-order valence-electron chi connectivity index (χ1n) is 10.4. The molecule has 31 heavy (non-hydrogen) atoms. The molecule has 2 heterocycles. The van der Waals surface area contributed by atoms with Crippen LogP contribution in [0.3, 0.4) is 0 Å². The predicted molar refractivity (Wildman–Crippen MR) is 114 cm³/mol. The molecular weight excluding hydrogens is 404 g/mol. The van der Waals surface area contributed by atoms with E-state index in [1.807, 2.05) is 9.47 Å². The Morgan fingerprint density at radius 1 is 1.29 bits per heavy atom. The van der Waals surface area contributed by atoms with E-state index in [4.69, 9.17) is 4.74 Å². The number of hydrogen-bond acceptors (Lipinski definition) is 7. The van der Waals surface area contributed by atoms with Crippen molar-refractivity contribution in [1.29, 1.82) is 0 Å². The maximum atomic E-state index is 13.0. The zero-order valence-corrected chi connectivity index (χ0v) is 17.4. The Kier molecular flexibility index (Phi) is 5.38. The van der Waals surface area contributed by atoms with Gasteiger partial charge in [-0.1, -0.05) is 0 Å². The van der Waals surface area contributed by atoms with Gasteiger partial charge in [-0.05, 0) is 32.3 Å². The van der Waals surface area contributed by atoms with Gasteiger partial charge in [0.25, 0.3) is 5.69 Å². The summed E-state index contributed by atoms with van der Waals surface area (Å²) in [7, 11) is 0. The van der Waals surface area contributed by atoms with Crippen molar-refractivity contribution < 1.29 is 19.2 Å². The highest BCUT2D eigenvalue weighted by molar-refractivity contribution is 5.96. The van der Waals surface area contributed by atoms with Crippen molar-refractivity contribution in [3.63, 3.8) is 0 Å². The van der Waals surface area contributed by atoms with Crippen LogP contribution in [0, 0.1) is 10.1 Å². The second-order valence-corrected chi connectivity index (χ2v) is 7.98. The molecule has 1 atom stereocenters. The summed E-state index contributed by atoms with van der Waals surface area (Å²) in [5, 5.41) is 14.8. The highest BCUT2D eigenvalue weighted by Crippen LogP contribution is 2.40. The largest absolute Gasteiger partial charge is 0.462 e. The van der Waals surface area contributed by atoms with Crippen molar-refractivity contribution in [2.45, 2.75) is 45.2 Å². The number of aromatic nitrogens is 1. The Balaban J connectivity index is 1.86. The highest BCUT2D eigenvalue weighted by atomic mass is 16.6. The number of nitro groups is 1. The highest BCUT2D eigenvalue weighted by Gasteiger charge is 2.32. The summed E-state index contributed by atoms with van der Waals surface area (Å²) in [6.45, 7) is 4.21. The Labute approximate surface area is 177 Å². The zero-order chi connectivity index (χ0) is 22.3. The first-order valence-corrected chi connectivity index (χ1v) is 10.4. The molecule has 1 unspecified atom stereocenters. The molecule has 0 bridgehead atoms.